The number of rotatable bonds is 5. The first-order valence-corrected chi connectivity index (χ1v) is 9.92. The van der Waals surface area contributed by atoms with Crippen LogP contribution >= 0.6 is 11.8 Å². The third kappa shape index (κ3) is 2.70. The summed E-state index contributed by atoms with van der Waals surface area (Å²) in [4.78, 5) is 17.3. The van der Waals surface area contributed by atoms with E-state index in [-0.39, 0.29) is 0 Å². The average Bonchev–Trinajstić information content (AvgIpc) is 3.26. The van der Waals surface area contributed by atoms with Crippen LogP contribution < -0.4 is 5.32 Å². The van der Waals surface area contributed by atoms with Crippen molar-refractivity contribution in [3.05, 3.63) is 41.3 Å². The van der Waals surface area contributed by atoms with Crippen LogP contribution in [0.3, 0.4) is 0 Å². The number of benzene rings is 1. The summed E-state index contributed by atoms with van der Waals surface area (Å²) >= 11 is 1.54. The maximum absolute atomic E-state index is 4.66. The normalized spacial score (nSPS) is 14.4. The number of imidazole rings is 1. The van der Waals surface area contributed by atoms with Crippen LogP contribution in [-0.4, -0.2) is 35.8 Å². The van der Waals surface area contributed by atoms with Crippen molar-refractivity contribution in [2.24, 2.45) is 0 Å². The van der Waals surface area contributed by atoms with Crippen molar-refractivity contribution in [1.29, 1.82) is 0 Å². The second kappa shape index (κ2) is 5.98. The molecule has 0 atom stereocenters. The molecule has 1 saturated carbocycles. The summed E-state index contributed by atoms with van der Waals surface area (Å²) in [5.41, 5.74) is 5.36. The minimum atomic E-state index is 0.548. The molecule has 0 aliphatic heterocycles. The van der Waals surface area contributed by atoms with Gasteiger partial charge in [-0.3, -0.25) is 0 Å². The van der Waals surface area contributed by atoms with Crippen molar-refractivity contribution in [3.63, 3.8) is 0 Å². The zero-order valence-corrected chi connectivity index (χ0v) is 15.5. The van der Waals surface area contributed by atoms with Gasteiger partial charge in [0.2, 0.25) is 5.95 Å². The van der Waals surface area contributed by atoms with Gasteiger partial charge in [-0.1, -0.05) is 17.8 Å². The van der Waals surface area contributed by atoms with Crippen LogP contribution in [0.1, 0.15) is 35.7 Å². The lowest BCUT2D eigenvalue weighted by Crippen LogP contribution is -2.10. The van der Waals surface area contributed by atoms with E-state index in [4.69, 9.17) is 0 Å². The minimum Gasteiger partial charge on any atom is -0.347 e. The number of aryl methyl sites for hydroxylation is 1. The summed E-state index contributed by atoms with van der Waals surface area (Å²) in [6, 6.07) is 6.23. The Bertz CT molecular complexity index is 1110. The molecule has 26 heavy (non-hydrogen) atoms. The Balaban J connectivity index is 1.47. The van der Waals surface area contributed by atoms with Crippen LogP contribution in [0.2, 0.25) is 0 Å². The third-order valence-corrected chi connectivity index (χ3v) is 5.22. The molecule has 0 saturated heterocycles. The van der Waals surface area contributed by atoms with Crippen LogP contribution in [0.15, 0.2) is 29.6 Å². The van der Waals surface area contributed by atoms with Gasteiger partial charge in [0.05, 0.1) is 23.8 Å². The monoisotopic (exact) mass is 365 g/mol. The Morgan fingerprint density at radius 2 is 2.15 bits per heavy atom. The fraction of sp³-hybridized carbons (Fsp3) is 0.333. The van der Waals surface area contributed by atoms with E-state index >= 15 is 0 Å². The van der Waals surface area contributed by atoms with E-state index in [1.807, 2.05) is 12.5 Å². The van der Waals surface area contributed by atoms with Crippen molar-refractivity contribution in [2.45, 2.75) is 37.4 Å². The van der Waals surface area contributed by atoms with Crippen molar-refractivity contribution in [1.82, 2.24) is 29.5 Å². The molecule has 1 fully saturated rings. The molecule has 132 valence electrons. The molecule has 0 spiro atoms. The van der Waals surface area contributed by atoms with Crippen LogP contribution in [0.4, 0.5) is 5.95 Å². The number of aromatic nitrogens is 6. The zero-order valence-electron chi connectivity index (χ0n) is 14.7. The molecule has 1 aromatic carbocycles. The predicted molar refractivity (Wildman–Crippen MR) is 103 cm³/mol. The van der Waals surface area contributed by atoms with Gasteiger partial charge in [0.25, 0.3) is 0 Å². The summed E-state index contributed by atoms with van der Waals surface area (Å²) in [5, 5.41) is 8.63. The molecule has 1 aliphatic rings. The van der Waals surface area contributed by atoms with Gasteiger partial charge in [-0.05, 0) is 49.6 Å². The predicted octanol–water partition coefficient (Wildman–Crippen LogP) is 3.52. The van der Waals surface area contributed by atoms with Gasteiger partial charge < -0.3 is 10.3 Å². The zero-order chi connectivity index (χ0) is 17.7. The average molecular weight is 365 g/mol. The van der Waals surface area contributed by atoms with Crippen molar-refractivity contribution >= 4 is 34.4 Å². The summed E-state index contributed by atoms with van der Waals surface area (Å²) in [6.07, 6.45) is 6.37. The second-order valence-corrected chi connectivity index (χ2v) is 7.47. The first-order chi connectivity index (χ1) is 12.7. The van der Waals surface area contributed by atoms with Gasteiger partial charge in [0.15, 0.2) is 10.8 Å². The van der Waals surface area contributed by atoms with E-state index in [0.29, 0.717) is 18.4 Å². The standard InChI is InChI=1S/C18H19N7S/c1-10-3-6-13-14(7-10)22-15(21-13)9-19-17-24-18(26-2)23-16-12(11-4-5-11)8-20-25(16)17/h3,6-8,11H,4-5,9H2,1-2H3,(H,21,22)(H,19,23,24). The molecule has 0 bridgehead atoms. The highest BCUT2D eigenvalue weighted by Gasteiger charge is 2.28. The topological polar surface area (TPSA) is 83.8 Å². The van der Waals surface area contributed by atoms with E-state index < -0.39 is 0 Å². The number of thioether (sulfide) groups is 1. The van der Waals surface area contributed by atoms with Gasteiger partial charge in [-0.15, -0.1) is 0 Å². The fourth-order valence-electron chi connectivity index (χ4n) is 3.18. The van der Waals surface area contributed by atoms with Crippen LogP contribution in [-0.2, 0) is 6.54 Å². The van der Waals surface area contributed by atoms with Gasteiger partial charge >= 0.3 is 0 Å². The smallest absolute Gasteiger partial charge is 0.228 e. The Morgan fingerprint density at radius 1 is 1.27 bits per heavy atom. The fourth-order valence-corrected chi connectivity index (χ4v) is 3.53. The van der Waals surface area contributed by atoms with E-state index in [0.717, 1.165) is 27.7 Å². The number of H-pyrrole nitrogens is 1. The molecule has 1 aliphatic carbocycles. The maximum atomic E-state index is 4.66. The molecule has 3 aromatic heterocycles. The van der Waals surface area contributed by atoms with Crippen molar-refractivity contribution in [3.8, 4) is 0 Å². The summed E-state index contributed by atoms with van der Waals surface area (Å²) in [5.74, 6) is 2.17. The van der Waals surface area contributed by atoms with Gasteiger partial charge in [0.1, 0.15) is 5.82 Å². The molecule has 5 rings (SSSR count). The van der Waals surface area contributed by atoms with E-state index in [1.165, 1.54) is 24.0 Å². The number of anilines is 1. The maximum Gasteiger partial charge on any atom is 0.228 e. The highest BCUT2D eigenvalue weighted by atomic mass is 32.2. The lowest BCUT2D eigenvalue weighted by atomic mass is 10.2. The molecule has 7 nitrogen and oxygen atoms in total. The lowest BCUT2D eigenvalue weighted by molar-refractivity contribution is 0.823. The molecule has 0 unspecified atom stereocenters. The summed E-state index contributed by atoms with van der Waals surface area (Å²) in [7, 11) is 0. The minimum absolute atomic E-state index is 0.548. The molecule has 4 aromatic rings. The number of hydrogen-bond acceptors (Lipinski definition) is 6. The Morgan fingerprint density at radius 3 is 2.96 bits per heavy atom. The Hall–Kier alpha value is -2.61. The first kappa shape index (κ1) is 15.6. The Labute approximate surface area is 154 Å². The van der Waals surface area contributed by atoms with Crippen molar-refractivity contribution in [2.75, 3.05) is 11.6 Å². The third-order valence-electron chi connectivity index (χ3n) is 4.68. The number of hydrogen-bond donors (Lipinski definition) is 2. The highest BCUT2D eigenvalue weighted by Crippen LogP contribution is 2.41. The molecule has 0 amide bonds. The number of aromatic amines is 1. The van der Waals surface area contributed by atoms with E-state index in [9.17, 15) is 0 Å². The molecule has 8 heteroatoms. The summed E-state index contributed by atoms with van der Waals surface area (Å²) < 4.78 is 1.81. The van der Waals surface area contributed by atoms with Crippen molar-refractivity contribution < 1.29 is 0 Å². The van der Waals surface area contributed by atoms with Crippen LogP contribution in [0.5, 0.6) is 0 Å². The molecular weight excluding hydrogens is 346 g/mol. The van der Waals surface area contributed by atoms with Crippen LogP contribution in [0.25, 0.3) is 16.7 Å². The first-order valence-electron chi connectivity index (χ1n) is 8.70. The van der Waals surface area contributed by atoms with Gasteiger partial charge in [0, 0.05) is 5.56 Å². The number of nitrogens with zero attached hydrogens (tertiary/aromatic N) is 5. The van der Waals surface area contributed by atoms with Gasteiger partial charge in [-0.25, -0.2) is 9.97 Å². The van der Waals surface area contributed by atoms with Gasteiger partial charge in [-0.2, -0.15) is 14.6 Å². The van der Waals surface area contributed by atoms with E-state index in [1.54, 1.807) is 16.3 Å². The van der Waals surface area contributed by atoms with E-state index in [2.05, 4.69) is 55.5 Å². The molecular formula is C18H19N7S. The second-order valence-electron chi connectivity index (χ2n) is 6.70. The van der Waals surface area contributed by atoms with Crippen LogP contribution in [0, 0.1) is 6.92 Å². The Kier molecular flexibility index (Phi) is 3.59. The quantitative estimate of drug-likeness (QED) is 0.527. The number of fused-ring (bicyclic) bond motifs is 2. The summed E-state index contributed by atoms with van der Waals surface area (Å²) in [6.45, 7) is 2.62. The number of nitrogens with one attached hydrogen (secondary N) is 2. The highest BCUT2D eigenvalue weighted by molar-refractivity contribution is 7.98. The SMILES string of the molecule is CSc1nc(NCc2nc3cc(C)ccc3[nH]2)n2ncc(C3CC3)c2n1. The molecule has 0 radical (unpaired) electrons. The molecule has 3 heterocycles. The largest absolute Gasteiger partial charge is 0.347 e. The molecule has 2 N–H and O–H groups in total. The lowest BCUT2D eigenvalue weighted by Gasteiger charge is -2.07.